The molecule has 4 nitrogen and oxygen atoms in total. The second kappa shape index (κ2) is 5.40. The molecule has 1 amide bonds. The Balaban J connectivity index is 2.13. The van der Waals surface area contributed by atoms with Crippen LogP contribution in [0.1, 0.15) is 35.7 Å². The van der Waals surface area contributed by atoms with Gasteiger partial charge in [0.25, 0.3) is 5.91 Å². The van der Waals surface area contributed by atoms with Gasteiger partial charge in [-0.2, -0.15) is 0 Å². The summed E-state index contributed by atoms with van der Waals surface area (Å²) in [5, 5.41) is 0. The van der Waals surface area contributed by atoms with Gasteiger partial charge >= 0.3 is 0 Å². The molecule has 98 valence electrons. The highest BCUT2D eigenvalue weighted by Crippen LogP contribution is 2.21. The molecule has 1 saturated heterocycles. The summed E-state index contributed by atoms with van der Waals surface area (Å²) < 4.78 is 0. The lowest BCUT2D eigenvalue weighted by Gasteiger charge is -2.30. The molecule has 0 aromatic heterocycles. The summed E-state index contributed by atoms with van der Waals surface area (Å²) in [5.41, 5.74) is 5.17. The first-order valence-electron chi connectivity index (χ1n) is 6.48. The van der Waals surface area contributed by atoms with Crippen molar-refractivity contribution in [2.24, 2.45) is 11.8 Å². The zero-order valence-electron chi connectivity index (χ0n) is 11.1. The van der Waals surface area contributed by atoms with Crippen molar-refractivity contribution >= 4 is 11.6 Å². The number of benzene rings is 1. The van der Waals surface area contributed by atoms with Crippen molar-refractivity contribution in [3.63, 3.8) is 0 Å². The molecule has 1 heterocycles. The van der Waals surface area contributed by atoms with Gasteiger partial charge < -0.3 is 10.3 Å². The van der Waals surface area contributed by atoms with Crippen LogP contribution in [0.2, 0.25) is 0 Å². The highest BCUT2D eigenvalue weighted by atomic mass is 16.2. The number of piperidine rings is 1. The maximum Gasteiger partial charge on any atom is 0.254 e. The summed E-state index contributed by atoms with van der Waals surface area (Å²) in [6.07, 6.45) is 2.21. The Morgan fingerprint density at radius 2 is 2.06 bits per heavy atom. The molecule has 1 aromatic carbocycles. The van der Waals surface area contributed by atoms with Crippen LogP contribution in [0.4, 0.5) is 5.69 Å². The van der Waals surface area contributed by atoms with Gasteiger partial charge in [0.2, 0.25) is 0 Å². The largest absolute Gasteiger partial charge is 0.339 e. The van der Waals surface area contributed by atoms with Crippen LogP contribution in [0.15, 0.2) is 18.2 Å². The number of likely N-dealkylation sites (tertiary alicyclic amines) is 1. The monoisotopic (exact) mass is 247 g/mol. The van der Waals surface area contributed by atoms with Crippen molar-refractivity contribution in [3.8, 4) is 0 Å². The molecule has 1 aromatic rings. The zero-order valence-corrected chi connectivity index (χ0v) is 11.1. The van der Waals surface area contributed by atoms with E-state index in [0.717, 1.165) is 48.7 Å². The molecule has 0 saturated carbocycles. The summed E-state index contributed by atoms with van der Waals surface area (Å²) in [6.45, 7) is 5.93. The Morgan fingerprint density at radius 1 is 1.39 bits per heavy atom. The lowest BCUT2D eigenvalue weighted by atomic mass is 9.98. The molecule has 0 unspecified atom stereocenters. The van der Waals surface area contributed by atoms with Crippen molar-refractivity contribution in [2.45, 2.75) is 26.7 Å². The van der Waals surface area contributed by atoms with Gasteiger partial charge in [-0.05, 0) is 49.4 Å². The highest BCUT2D eigenvalue weighted by Gasteiger charge is 2.22. The molecule has 1 aliphatic rings. The third-order valence-corrected chi connectivity index (χ3v) is 3.69. The molecular formula is C14H21N3O. The number of nitrogens with one attached hydrogen (secondary N) is 1. The number of carbonyl (C=O) groups is 1. The first-order valence-corrected chi connectivity index (χ1v) is 6.48. The average molecular weight is 247 g/mol. The lowest BCUT2D eigenvalue weighted by Crippen LogP contribution is -2.38. The number of aryl methyl sites for hydroxylation is 1. The van der Waals surface area contributed by atoms with Gasteiger partial charge in [-0.15, -0.1) is 0 Å². The van der Waals surface area contributed by atoms with Gasteiger partial charge in [0.15, 0.2) is 0 Å². The van der Waals surface area contributed by atoms with E-state index in [9.17, 15) is 4.79 Å². The second-order valence-corrected chi connectivity index (χ2v) is 5.15. The van der Waals surface area contributed by atoms with Crippen LogP contribution < -0.4 is 11.3 Å². The fraction of sp³-hybridized carbons (Fsp3) is 0.500. The third kappa shape index (κ3) is 2.64. The van der Waals surface area contributed by atoms with Crippen molar-refractivity contribution in [2.75, 3.05) is 18.5 Å². The zero-order chi connectivity index (χ0) is 13.1. The minimum atomic E-state index is 0.142. The van der Waals surface area contributed by atoms with Gasteiger partial charge in [-0.1, -0.05) is 6.92 Å². The number of nitrogen functional groups attached to an aromatic ring is 1. The number of carbonyl (C=O) groups excluding carboxylic acids is 1. The molecule has 3 N–H and O–H groups in total. The molecule has 0 aliphatic carbocycles. The van der Waals surface area contributed by atoms with Gasteiger partial charge in [0, 0.05) is 24.3 Å². The first kappa shape index (κ1) is 12.9. The number of anilines is 1. The van der Waals surface area contributed by atoms with E-state index in [0.29, 0.717) is 0 Å². The topological polar surface area (TPSA) is 58.4 Å². The fourth-order valence-corrected chi connectivity index (χ4v) is 2.38. The van der Waals surface area contributed by atoms with Crippen LogP contribution in [-0.2, 0) is 0 Å². The molecule has 1 aliphatic heterocycles. The third-order valence-electron chi connectivity index (χ3n) is 3.69. The Hall–Kier alpha value is -1.55. The van der Waals surface area contributed by atoms with Crippen molar-refractivity contribution < 1.29 is 4.79 Å². The van der Waals surface area contributed by atoms with E-state index in [-0.39, 0.29) is 5.91 Å². The minimum absolute atomic E-state index is 0.142. The SMILES string of the molecule is Cc1cc(NN)ccc1C(=O)N1CCC(C)CC1. The van der Waals surface area contributed by atoms with Gasteiger partial charge in [0.1, 0.15) is 0 Å². The number of hydrogen-bond acceptors (Lipinski definition) is 3. The lowest BCUT2D eigenvalue weighted by molar-refractivity contribution is 0.0696. The van der Waals surface area contributed by atoms with Gasteiger partial charge in [-0.25, -0.2) is 0 Å². The maximum atomic E-state index is 12.4. The number of hydrazine groups is 1. The Labute approximate surface area is 108 Å². The smallest absolute Gasteiger partial charge is 0.254 e. The van der Waals surface area contributed by atoms with Crippen LogP contribution in [0.3, 0.4) is 0 Å². The van der Waals surface area contributed by atoms with Crippen LogP contribution in [0, 0.1) is 12.8 Å². The first-order chi connectivity index (χ1) is 8.61. The van der Waals surface area contributed by atoms with E-state index in [1.54, 1.807) is 0 Å². The standard InChI is InChI=1S/C14H21N3O/c1-10-5-7-17(8-6-10)14(18)13-4-3-12(16-15)9-11(13)2/h3-4,9-10,16H,5-8,15H2,1-2H3. The molecule has 1 fully saturated rings. The number of rotatable bonds is 2. The molecule has 0 atom stereocenters. The number of amides is 1. The molecule has 0 spiro atoms. The van der Waals surface area contributed by atoms with Gasteiger partial charge in [-0.3, -0.25) is 10.6 Å². The Morgan fingerprint density at radius 3 is 2.61 bits per heavy atom. The Bertz CT molecular complexity index is 437. The van der Waals surface area contributed by atoms with Crippen LogP contribution in [-0.4, -0.2) is 23.9 Å². The van der Waals surface area contributed by atoms with Crippen molar-refractivity contribution in [3.05, 3.63) is 29.3 Å². The van der Waals surface area contributed by atoms with Crippen molar-refractivity contribution in [1.82, 2.24) is 4.90 Å². The van der Waals surface area contributed by atoms with E-state index < -0.39 is 0 Å². The number of nitrogens with two attached hydrogens (primary N) is 1. The maximum absolute atomic E-state index is 12.4. The molecule has 2 rings (SSSR count). The molecule has 4 heteroatoms. The summed E-state index contributed by atoms with van der Waals surface area (Å²) in [5.74, 6) is 6.23. The fourth-order valence-electron chi connectivity index (χ4n) is 2.38. The van der Waals surface area contributed by atoms with Crippen LogP contribution >= 0.6 is 0 Å². The average Bonchev–Trinajstić information content (AvgIpc) is 2.38. The molecule has 0 bridgehead atoms. The summed E-state index contributed by atoms with van der Waals surface area (Å²) >= 11 is 0. The molecule has 0 radical (unpaired) electrons. The normalized spacial score (nSPS) is 16.7. The van der Waals surface area contributed by atoms with E-state index in [1.165, 1.54) is 0 Å². The van der Waals surface area contributed by atoms with E-state index in [2.05, 4.69) is 12.3 Å². The Kier molecular flexibility index (Phi) is 3.87. The van der Waals surface area contributed by atoms with Gasteiger partial charge in [0.05, 0.1) is 0 Å². The quantitative estimate of drug-likeness (QED) is 0.622. The highest BCUT2D eigenvalue weighted by molar-refractivity contribution is 5.96. The molecular weight excluding hydrogens is 226 g/mol. The number of nitrogens with zero attached hydrogens (tertiary/aromatic N) is 1. The summed E-state index contributed by atoms with van der Waals surface area (Å²) in [6, 6.07) is 5.59. The number of hydrogen-bond donors (Lipinski definition) is 2. The van der Waals surface area contributed by atoms with E-state index in [1.807, 2.05) is 30.0 Å². The van der Waals surface area contributed by atoms with E-state index >= 15 is 0 Å². The predicted octanol–water partition coefficient (Wildman–Crippen LogP) is 2.15. The summed E-state index contributed by atoms with van der Waals surface area (Å²) in [4.78, 5) is 14.4. The summed E-state index contributed by atoms with van der Waals surface area (Å²) in [7, 11) is 0. The molecule has 18 heavy (non-hydrogen) atoms. The van der Waals surface area contributed by atoms with Crippen LogP contribution in [0.5, 0.6) is 0 Å². The van der Waals surface area contributed by atoms with Crippen LogP contribution in [0.25, 0.3) is 0 Å². The predicted molar refractivity (Wildman–Crippen MR) is 73.3 cm³/mol. The second-order valence-electron chi connectivity index (χ2n) is 5.15. The minimum Gasteiger partial charge on any atom is -0.339 e. The van der Waals surface area contributed by atoms with E-state index in [4.69, 9.17) is 5.84 Å². The van der Waals surface area contributed by atoms with Crippen molar-refractivity contribution in [1.29, 1.82) is 0 Å².